The Morgan fingerprint density at radius 1 is 1.59 bits per heavy atom. The number of nitrogens with zero attached hydrogens (tertiary/aromatic N) is 2. The zero-order chi connectivity index (χ0) is 12.0. The van der Waals surface area contributed by atoms with Gasteiger partial charge in [0.1, 0.15) is 5.69 Å². The fraction of sp³-hybridized carbons (Fsp3) is 0.667. The second-order valence-corrected chi connectivity index (χ2v) is 6.09. The molecule has 5 heteroatoms. The molecule has 3 atom stereocenters. The number of hydrogen-bond acceptors (Lipinski definition) is 4. The first-order valence-corrected chi connectivity index (χ1v) is 6.98. The van der Waals surface area contributed by atoms with E-state index in [1.165, 1.54) is 0 Å². The monoisotopic (exact) mass is 251 g/mol. The topological polar surface area (TPSA) is 45.2 Å². The largest absolute Gasteiger partial charge is 0.334 e. The molecule has 3 rings (SSSR count). The zero-order valence-corrected chi connectivity index (χ0v) is 11.0. The first-order valence-electron chi connectivity index (χ1n) is 6.10. The lowest BCUT2D eigenvalue weighted by molar-refractivity contribution is 0.0723. The van der Waals surface area contributed by atoms with E-state index in [0.717, 1.165) is 24.6 Å². The summed E-state index contributed by atoms with van der Waals surface area (Å²) in [5, 5.41) is 6.24. The summed E-state index contributed by atoms with van der Waals surface area (Å²) in [7, 11) is 0. The molecular weight excluding hydrogens is 234 g/mol. The summed E-state index contributed by atoms with van der Waals surface area (Å²) in [6.45, 7) is 7.08. The minimum absolute atomic E-state index is 0.108. The Morgan fingerprint density at radius 2 is 2.41 bits per heavy atom. The summed E-state index contributed by atoms with van der Waals surface area (Å²) >= 11 is 1.54. The van der Waals surface area contributed by atoms with Crippen LogP contribution in [0.15, 0.2) is 5.38 Å². The molecule has 3 unspecified atom stereocenters. The number of amides is 1. The summed E-state index contributed by atoms with van der Waals surface area (Å²) in [6.07, 6.45) is 0. The average Bonchev–Trinajstić information content (AvgIpc) is 2.96. The van der Waals surface area contributed by atoms with Gasteiger partial charge < -0.3 is 10.2 Å². The van der Waals surface area contributed by atoms with E-state index < -0.39 is 0 Å². The summed E-state index contributed by atoms with van der Waals surface area (Å²) in [6, 6.07) is 0.338. The molecule has 0 radical (unpaired) electrons. The highest BCUT2D eigenvalue weighted by molar-refractivity contribution is 7.09. The minimum Gasteiger partial charge on any atom is -0.334 e. The number of carbonyl (C=O) groups excluding carboxylic acids is 1. The molecule has 2 saturated heterocycles. The molecule has 1 N–H and O–H groups in total. The van der Waals surface area contributed by atoms with Crippen molar-refractivity contribution < 1.29 is 4.79 Å². The number of nitrogens with one attached hydrogen (secondary N) is 1. The summed E-state index contributed by atoms with van der Waals surface area (Å²) < 4.78 is 0. The molecule has 0 aliphatic carbocycles. The Kier molecular flexibility index (Phi) is 2.67. The fourth-order valence-electron chi connectivity index (χ4n) is 3.04. The normalized spacial score (nSPS) is 31.9. The van der Waals surface area contributed by atoms with Crippen LogP contribution in [0.3, 0.4) is 0 Å². The van der Waals surface area contributed by atoms with E-state index in [-0.39, 0.29) is 5.91 Å². The molecule has 1 aromatic rings. The van der Waals surface area contributed by atoms with Crippen molar-refractivity contribution in [1.82, 2.24) is 15.2 Å². The van der Waals surface area contributed by atoms with Gasteiger partial charge in [0.15, 0.2) is 0 Å². The van der Waals surface area contributed by atoms with Gasteiger partial charge in [0, 0.05) is 31.1 Å². The number of carbonyl (C=O) groups is 1. The van der Waals surface area contributed by atoms with Crippen LogP contribution in [0.2, 0.25) is 0 Å². The standard InChI is InChI=1S/C12H17N3OS/c1-7-10-4-13-3-9(10)5-15(7)12(16)11-6-17-8(2)14-11/h6-7,9-10,13H,3-5H2,1-2H3. The maximum atomic E-state index is 12.4. The molecule has 0 bridgehead atoms. The molecule has 2 fully saturated rings. The predicted molar refractivity (Wildman–Crippen MR) is 67.2 cm³/mol. The molecule has 3 heterocycles. The van der Waals surface area contributed by atoms with Crippen molar-refractivity contribution in [2.24, 2.45) is 11.8 Å². The van der Waals surface area contributed by atoms with E-state index in [0.29, 0.717) is 23.6 Å². The average molecular weight is 251 g/mol. The highest BCUT2D eigenvalue weighted by Crippen LogP contribution is 2.33. The van der Waals surface area contributed by atoms with E-state index >= 15 is 0 Å². The van der Waals surface area contributed by atoms with Crippen LogP contribution < -0.4 is 5.32 Å². The molecule has 0 spiro atoms. The first kappa shape index (κ1) is 11.2. The molecule has 2 aliphatic rings. The summed E-state index contributed by atoms with van der Waals surface area (Å²) in [4.78, 5) is 18.7. The number of hydrogen-bond donors (Lipinski definition) is 1. The van der Waals surface area contributed by atoms with Gasteiger partial charge in [-0.2, -0.15) is 0 Å². The number of thiazole rings is 1. The lowest BCUT2D eigenvalue weighted by Gasteiger charge is -2.23. The SMILES string of the molecule is Cc1nc(C(=O)N2CC3CNCC3C2C)cs1. The Labute approximate surface area is 105 Å². The van der Waals surface area contributed by atoms with E-state index in [9.17, 15) is 4.79 Å². The van der Waals surface area contributed by atoms with Crippen molar-refractivity contribution in [3.05, 3.63) is 16.1 Å². The molecule has 1 amide bonds. The third-order valence-corrected chi connectivity index (χ3v) is 4.81. The van der Waals surface area contributed by atoms with Crippen molar-refractivity contribution in [3.63, 3.8) is 0 Å². The van der Waals surface area contributed by atoms with Gasteiger partial charge in [-0.25, -0.2) is 4.98 Å². The smallest absolute Gasteiger partial charge is 0.273 e. The highest BCUT2D eigenvalue weighted by Gasteiger charge is 2.44. The highest BCUT2D eigenvalue weighted by atomic mass is 32.1. The summed E-state index contributed by atoms with van der Waals surface area (Å²) in [5.41, 5.74) is 0.618. The van der Waals surface area contributed by atoms with E-state index in [1.54, 1.807) is 11.3 Å². The minimum atomic E-state index is 0.108. The van der Waals surface area contributed by atoms with Gasteiger partial charge in [-0.05, 0) is 25.7 Å². The molecular formula is C12H17N3OS. The third kappa shape index (κ3) is 1.77. The second kappa shape index (κ2) is 4.07. The van der Waals surface area contributed by atoms with E-state index in [2.05, 4.69) is 17.2 Å². The van der Waals surface area contributed by atoms with Gasteiger partial charge in [-0.1, -0.05) is 0 Å². The molecule has 4 nitrogen and oxygen atoms in total. The van der Waals surface area contributed by atoms with Crippen LogP contribution in [0.5, 0.6) is 0 Å². The lowest BCUT2D eigenvalue weighted by Crippen LogP contribution is -2.38. The summed E-state index contributed by atoms with van der Waals surface area (Å²) in [5.74, 6) is 1.36. The van der Waals surface area contributed by atoms with Crippen molar-refractivity contribution in [1.29, 1.82) is 0 Å². The number of aryl methyl sites for hydroxylation is 1. The van der Waals surface area contributed by atoms with Crippen LogP contribution in [-0.4, -0.2) is 41.5 Å². The van der Waals surface area contributed by atoms with Crippen LogP contribution in [0, 0.1) is 18.8 Å². The van der Waals surface area contributed by atoms with E-state index in [4.69, 9.17) is 0 Å². The van der Waals surface area contributed by atoms with Crippen LogP contribution in [0.25, 0.3) is 0 Å². The number of fused-ring (bicyclic) bond motifs is 1. The first-order chi connectivity index (χ1) is 8.16. The van der Waals surface area contributed by atoms with Crippen molar-refractivity contribution in [3.8, 4) is 0 Å². The van der Waals surface area contributed by atoms with Gasteiger partial charge in [-0.3, -0.25) is 4.79 Å². The van der Waals surface area contributed by atoms with Crippen molar-refractivity contribution in [2.75, 3.05) is 19.6 Å². The Morgan fingerprint density at radius 3 is 3.06 bits per heavy atom. The van der Waals surface area contributed by atoms with Crippen LogP contribution in [0.1, 0.15) is 22.4 Å². The maximum absolute atomic E-state index is 12.4. The van der Waals surface area contributed by atoms with Gasteiger partial charge >= 0.3 is 0 Å². The molecule has 17 heavy (non-hydrogen) atoms. The number of likely N-dealkylation sites (tertiary alicyclic amines) is 1. The molecule has 1 aromatic heterocycles. The fourth-order valence-corrected chi connectivity index (χ4v) is 3.63. The maximum Gasteiger partial charge on any atom is 0.273 e. The molecule has 0 saturated carbocycles. The third-order valence-electron chi connectivity index (χ3n) is 4.03. The zero-order valence-electron chi connectivity index (χ0n) is 10.1. The lowest BCUT2D eigenvalue weighted by atomic mass is 9.95. The molecule has 2 aliphatic heterocycles. The van der Waals surface area contributed by atoms with Crippen LogP contribution >= 0.6 is 11.3 Å². The van der Waals surface area contributed by atoms with Crippen LogP contribution in [0.4, 0.5) is 0 Å². The van der Waals surface area contributed by atoms with Crippen molar-refractivity contribution in [2.45, 2.75) is 19.9 Å². The number of rotatable bonds is 1. The van der Waals surface area contributed by atoms with E-state index in [1.807, 2.05) is 17.2 Å². The molecule has 92 valence electrons. The van der Waals surface area contributed by atoms with Crippen molar-refractivity contribution >= 4 is 17.2 Å². The second-order valence-electron chi connectivity index (χ2n) is 5.03. The Balaban J connectivity index is 1.79. The van der Waals surface area contributed by atoms with Crippen LogP contribution in [-0.2, 0) is 0 Å². The Hall–Kier alpha value is -0.940. The number of aromatic nitrogens is 1. The molecule has 0 aromatic carbocycles. The predicted octanol–water partition coefficient (Wildman–Crippen LogP) is 1.13. The van der Waals surface area contributed by atoms with Gasteiger partial charge in [0.05, 0.1) is 5.01 Å². The van der Waals surface area contributed by atoms with Gasteiger partial charge in [-0.15, -0.1) is 11.3 Å². The quantitative estimate of drug-likeness (QED) is 0.814. The Bertz CT molecular complexity index is 445. The van der Waals surface area contributed by atoms with Gasteiger partial charge in [0.25, 0.3) is 5.91 Å². The van der Waals surface area contributed by atoms with Gasteiger partial charge in [0.2, 0.25) is 0 Å².